The largest absolute Gasteiger partial charge is 0.490 e. The number of ether oxygens (including phenoxy) is 3. The van der Waals surface area contributed by atoms with E-state index in [9.17, 15) is 9.59 Å². The molecule has 10 nitrogen and oxygen atoms in total. The van der Waals surface area contributed by atoms with Gasteiger partial charge in [0, 0.05) is 13.1 Å². The van der Waals surface area contributed by atoms with E-state index in [1.807, 2.05) is 32.9 Å². The van der Waals surface area contributed by atoms with Crippen LogP contribution in [0.2, 0.25) is 0 Å². The summed E-state index contributed by atoms with van der Waals surface area (Å²) in [7, 11) is 0. The molecule has 0 bridgehead atoms. The Labute approximate surface area is 197 Å². The monoisotopic (exact) mass is 480 g/mol. The van der Waals surface area contributed by atoms with E-state index < -0.39 is 23.3 Å². The summed E-state index contributed by atoms with van der Waals surface area (Å²) in [6, 6.07) is 5.56. The first-order chi connectivity index (χ1) is 15.3. The number of carbonyl (C=O) groups excluding carboxylic acids is 2. The number of nitrogens with two attached hydrogens (primary N) is 1. The number of nitrogens with zero attached hydrogens (tertiary/aromatic N) is 2. The van der Waals surface area contributed by atoms with Gasteiger partial charge in [-0.15, -0.1) is 0 Å². The van der Waals surface area contributed by atoms with Crippen molar-refractivity contribution in [1.82, 2.24) is 9.88 Å². The lowest BCUT2D eigenvalue weighted by atomic mass is 10.1. The fourth-order valence-electron chi connectivity index (χ4n) is 2.98. The summed E-state index contributed by atoms with van der Waals surface area (Å²) < 4.78 is 17.3. The van der Waals surface area contributed by atoms with Crippen molar-refractivity contribution in [2.24, 2.45) is 5.90 Å². The first kappa shape index (κ1) is 25.0. The molecule has 3 N–H and O–H groups in total. The number of fused-ring (bicyclic) bond motifs is 1. The van der Waals surface area contributed by atoms with Crippen molar-refractivity contribution >= 4 is 38.7 Å². The van der Waals surface area contributed by atoms with Crippen LogP contribution in [-0.2, 0) is 19.1 Å². The van der Waals surface area contributed by atoms with Gasteiger partial charge in [0.2, 0.25) is 6.10 Å². The smallest absolute Gasteiger partial charge is 0.410 e. The highest BCUT2D eigenvalue weighted by Gasteiger charge is 2.34. The van der Waals surface area contributed by atoms with Crippen LogP contribution in [0.3, 0.4) is 0 Å². The Morgan fingerprint density at radius 2 is 1.85 bits per heavy atom. The van der Waals surface area contributed by atoms with E-state index >= 15 is 0 Å². The second-order valence-corrected chi connectivity index (χ2v) is 10.9. The first-order valence-electron chi connectivity index (χ1n) is 10.7. The quantitative estimate of drug-likeness (QED) is 0.453. The van der Waals surface area contributed by atoms with Crippen molar-refractivity contribution < 1.29 is 28.6 Å². The van der Waals surface area contributed by atoms with Crippen molar-refractivity contribution in [3.05, 3.63) is 18.2 Å². The Hall–Kier alpha value is -2.63. The fourth-order valence-corrected chi connectivity index (χ4v) is 3.95. The fraction of sp³-hybridized carbons (Fsp3) is 0.591. The van der Waals surface area contributed by atoms with Crippen molar-refractivity contribution in [1.29, 1.82) is 0 Å². The minimum absolute atomic E-state index is 0.0800. The Bertz CT molecular complexity index is 991. The van der Waals surface area contributed by atoms with Crippen LogP contribution in [0.5, 0.6) is 5.75 Å². The molecule has 2 heterocycles. The minimum Gasteiger partial charge on any atom is -0.490 e. The summed E-state index contributed by atoms with van der Waals surface area (Å²) in [4.78, 5) is 35.2. The molecule has 33 heavy (non-hydrogen) atoms. The van der Waals surface area contributed by atoms with E-state index in [4.69, 9.17) is 24.9 Å². The summed E-state index contributed by atoms with van der Waals surface area (Å²) in [6.07, 6.45) is -1.34. The number of likely N-dealkylation sites (tertiary alicyclic amines) is 1. The first-order valence-corrected chi connectivity index (χ1v) is 11.5. The standard InChI is InChI=1S/C22H32N4O6S/c1-21(2,3)30-18(27)16(32-23)12-29-14-7-8-15-17(9-14)33-19(25-15)24-13-10-26(11-13)20(28)31-22(4,5)6/h7-9,13,16H,10-12,23H2,1-6H3,(H,24,25). The van der Waals surface area contributed by atoms with Gasteiger partial charge < -0.3 is 24.4 Å². The lowest BCUT2D eigenvalue weighted by molar-refractivity contribution is -0.170. The van der Waals surface area contributed by atoms with Crippen LogP contribution in [0, 0.1) is 0 Å². The molecule has 2 aromatic rings. The maximum atomic E-state index is 12.1. The zero-order chi connectivity index (χ0) is 24.4. The maximum Gasteiger partial charge on any atom is 0.410 e. The highest BCUT2D eigenvalue weighted by atomic mass is 32.1. The molecule has 0 saturated carbocycles. The molecular formula is C22H32N4O6S. The second kappa shape index (κ2) is 9.70. The normalized spacial score (nSPS) is 15.7. The van der Waals surface area contributed by atoms with Crippen molar-refractivity contribution in [2.45, 2.75) is 64.9 Å². The van der Waals surface area contributed by atoms with Gasteiger partial charge >= 0.3 is 12.1 Å². The Kier molecular flexibility index (Phi) is 7.35. The van der Waals surface area contributed by atoms with E-state index in [2.05, 4.69) is 10.3 Å². The third-order valence-corrected chi connectivity index (χ3v) is 5.41. The summed E-state index contributed by atoms with van der Waals surface area (Å²) in [5.41, 5.74) is -0.341. The molecule has 1 amide bonds. The average molecular weight is 481 g/mol. The van der Waals surface area contributed by atoms with E-state index in [0.717, 1.165) is 15.3 Å². The van der Waals surface area contributed by atoms with Gasteiger partial charge in [-0.1, -0.05) is 11.3 Å². The van der Waals surface area contributed by atoms with Crippen molar-refractivity contribution in [3.63, 3.8) is 0 Å². The molecule has 3 rings (SSSR count). The van der Waals surface area contributed by atoms with E-state index in [0.29, 0.717) is 18.8 Å². The third kappa shape index (κ3) is 7.18. The minimum atomic E-state index is -1.04. The lowest BCUT2D eigenvalue weighted by Crippen LogP contribution is -2.57. The summed E-state index contributed by atoms with van der Waals surface area (Å²) in [5, 5.41) is 4.11. The molecule has 1 saturated heterocycles. The second-order valence-electron chi connectivity index (χ2n) is 9.84. The van der Waals surface area contributed by atoms with Crippen LogP contribution in [0.25, 0.3) is 10.2 Å². The number of amides is 1. The van der Waals surface area contributed by atoms with Gasteiger partial charge in [-0.2, -0.15) is 0 Å². The van der Waals surface area contributed by atoms with Gasteiger partial charge in [0.15, 0.2) is 5.13 Å². The van der Waals surface area contributed by atoms with Crippen molar-refractivity contribution in [2.75, 3.05) is 25.0 Å². The molecular weight excluding hydrogens is 448 g/mol. The zero-order valence-corrected chi connectivity index (χ0v) is 20.7. The van der Waals surface area contributed by atoms with E-state index in [1.165, 1.54) is 11.3 Å². The molecule has 0 radical (unpaired) electrons. The van der Waals surface area contributed by atoms with E-state index in [1.54, 1.807) is 31.7 Å². The molecule has 0 aliphatic carbocycles. The molecule has 1 aliphatic heterocycles. The van der Waals surface area contributed by atoms with Crippen LogP contribution >= 0.6 is 11.3 Å². The van der Waals surface area contributed by atoms with Crippen LogP contribution in [-0.4, -0.2) is 65.0 Å². The third-order valence-electron chi connectivity index (χ3n) is 4.46. The summed E-state index contributed by atoms with van der Waals surface area (Å²) in [5.74, 6) is 5.22. The van der Waals surface area contributed by atoms with Gasteiger partial charge in [-0.25, -0.2) is 20.5 Å². The maximum absolute atomic E-state index is 12.1. The number of hydrogen-bond donors (Lipinski definition) is 2. The SMILES string of the molecule is CC(C)(C)OC(=O)C(COc1ccc2nc(NC3CN(C(=O)OC(C)(C)C)C3)sc2c1)ON. The predicted octanol–water partition coefficient (Wildman–Crippen LogP) is 3.31. The Balaban J connectivity index is 1.53. The highest BCUT2D eigenvalue weighted by molar-refractivity contribution is 7.22. The molecule has 1 aliphatic rings. The van der Waals surface area contributed by atoms with Gasteiger partial charge in [-0.05, 0) is 59.7 Å². The molecule has 1 aromatic carbocycles. The molecule has 182 valence electrons. The number of nitrogens with one attached hydrogen (secondary N) is 1. The van der Waals surface area contributed by atoms with Gasteiger partial charge in [-0.3, -0.25) is 4.84 Å². The van der Waals surface area contributed by atoms with Crippen molar-refractivity contribution in [3.8, 4) is 5.75 Å². The molecule has 1 fully saturated rings. The average Bonchev–Trinajstić information content (AvgIpc) is 3.03. The number of aromatic nitrogens is 1. The number of thiazole rings is 1. The van der Waals surface area contributed by atoms with Crippen LogP contribution in [0.1, 0.15) is 41.5 Å². The van der Waals surface area contributed by atoms with Gasteiger partial charge in [0.1, 0.15) is 23.6 Å². The molecule has 1 atom stereocenters. The molecule has 0 spiro atoms. The van der Waals surface area contributed by atoms with Crippen LogP contribution in [0.4, 0.5) is 9.93 Å². The molecule has 1 unspecified atom stereocenters. The topological polar surface area (TPSA) is 125 Å². The van der Waals surface area contributed by atoms with E-state index in [-0.39, 0.29) is 18.7 Å². The highest BCUT2D eigenvalue weighted by Crippen LogP contribution is 2.30. The number of benzene rings is 1. The zero-order valence-electron chi connectivity index (χ0n) is 19.8. The number of rotatable bonds is 7. The number of carbonyl (C=O) groups is 2. The van der Waals surface area contributed by atoms with Gasteiger partial charge in [0.05, 0.1) is 16.3 Å². The van der Waals surface area contributed by atoms with Crippen LogP contribution in [0.15, 0.2) is 18.2 Å². The van der Waals surface area contributed by atoms with Crippen LogP contribution < -0.4 is 16.0 Å². The summed E-state index contributed by atoms with van der Waals surface area (Å²) >= 11 is 1.48. The lowest BCUT2D eigenvalue weighted by Gasteiger charge is -2.39. The number of esters is 1. The Morgan fingerprint density at radius 3 is 2.45 bits per heavy atom. The summed E-state index contributed by atoms with van der Waals surface area (Å²) in [6.45, 7) is 11.9. The predicted molar refractivity (Wildman–Crippen MR) is 125 cm³/mol. The Morgan fingerprint density at radius 1 is 1.18 bits per heavy atom. The molecule has 11 heteroatoms. The number of anilines is 1. The van der Waals surface area contributed by atoms with Gasteiger partial charge in [0.25, 0.3) is 0 Å². The molecule has 1 aromatic heterocycles. The number of hydrogen-bond acceptors (Lipinski definition) is 10.